The molecule has 0 atom stereocenters. The predicted molar refractivity (Wildman–Crippen MR) is 46.0 cm³/mol. The molecule has 1 heterocycles. The van der Waals surface area contributed by atoms with Gasteiger partial charge in [-0.05, 0) is 6.07 Å². The van der Waals surface area contributed by atoms with Gasteiger partial charge in [0.05, 0.1) is 22.8 Å². The summed E-state index contributed by atoms with van der Waals surface area (Å²) in [5.74, 6) is -0.00933. The fraction of sp³-hybridized carbons (Fsp3) is 0.286. The van der Waals surface area contributed by atoms with Gasteiger partial charge in [-0.3, -0.25) is 4.79 Å². The molecule has 3 nitrogen and oxygen atoms in total. The van der Waals surface area contributed by atoms with Crippen molar-refractivity contribution in [1.82, 2.24) is 4.98 Å². The summed E-state index contributed by atoms with van der Waals surface area (Å²) in [6.07, 6.45) is -2.82. The van der Waals surface area contributed by atoms with Crippen molar-refractivity contribution in [2.45, 2.75) is 12.3 Å². The first-order chi connectivity index (χ1) is 6.06. The summed E-state index contributed by atoms with van der Waals surface area (Å²) in [4.78, 5) is 13.1. The number of aromatic amines is 1. The topological polar surface area (TPSA) is 58.9 Å². The molecule has 0 saturated heterocycles. The first-order valence-corrected chi connectivity index (χ1v) is 3.95. The number of nitrogens with one attached hydrogen (secondary N) is 1. The molecule has 1 aromatic heterocycles. The predicted octanol–water partition coefficient (Wildman–Crippen LogP) is 1.63. The van der Waals surface area contributed by atoms with E-state index in [9.17, 15) is 13.6 Å². The normalized spacial score (nSPS) is 10.8. The first-order valence-electron chi connectivity index (χ1n) is 3.42. The number of pyridine rings is 1. The molecule has 0 fully saturated rings. The minimum Gasteiger partial charge on any atom is -0.397 e. The zero-order valence-corrected chi connectivity index (χ0v) is 7.24. The number of hydrogen-bond acceptors (Lipinski definition) is 2. The summed E-state index contributed by atoms with van der Waals surface area (Å²) in [5.41, 5.74) is 4.20. The van der Waals surface area contributed by atoms with E-state index in [1.807, 2.05) is 0 Å². The maximum atomic E-state index is 12.1. The number of anilines is 1. The summed E-state index contributed by atoms with van der Waals surface area (Å²) < 4.78 is 24.3. The Labute approximate surface area is 77.5 Å². The van der Waals surface area contributed by atoms with Crippen molar-refractivity contribution in [3.05, 3.63) is 27.7 Å². The third-order valence-corrected chi connectivity index (χ3v) is 1.82. The second-order valence-corrected chi connectivity index (χ2v) is 2.69. The maximum absolute atomic E-state index is 12.1. The van der Waals surface area contributed by atoms with Crippen molar-refractivity contribution in [3.63, 3.8) is 0 Å². The van der Waals surface area contributed by atoms with Crippen LogP contribution in [-0.2, 0) is 5.88 Å². The quantitative estimate of drug-likeness (QED) is 0.726. The summed E-state index contributed by atoms with van der Waals surface area (Å²) in [6, 6.07) is 0.946. The molecule has 0 aliphatic rings. The molecule has 0 spiro atoms. The average Bonchev–Trinajstić information content (AvgIpc) is 2.07. The van der Waals surface area contributed by atoms with Gasteiger partial charge in [0, 0.05) is 0 Å². The van der Waals surface area contributed by atoms with Crippen molar-refractivity contribution < 1.29 is 8.78 Å². The van der Waals surface area contributed by atoms with E-state index in [2.05, 4.69) is 4.98 Å². The Morgan fingerprint density at radius 1 is 1.62 bits per heavy atom. The van der Waals surface area contributed by atoms with Crippen LogP contribution in [-0.4, -0.2) is 4.98 Å². The molecular formula is C7H7ClF2N2O. The molecule has 0 amide bonds. The van der Waals surface area contributed by atoms with Crippen LogP contribution in [0.3, 0.4) is 0 Å². The van der Waals surface area contributed by atoms with Crippen LogP contribution in [0, 0.1) is 0 Å². The number of alkyl halides is 3. The van der Waals surface area contributed by atoms with E-state index >= 15 is 0 Å². The van der Waals surface area contributed by atoms with Crippen LogP contribution in [0.5, 0.6) is 0 Å². The van der Waals surface area contributed by atoms with Crippen molar-refractivity contribution in [1.29, 1.82) is 0 Å². The summed E-state index contributed by atoms with van der Waals surface area (Å²) in [6.45, 7) is 0. The molecule has 1 aromatic rings. The van der Waals surface area contributed by atoms with Gasteiger partial charge in [-0.1, -0.05) is 0 Å². The van der Waals surface area contributed by atoms with Crippen LogP contribution < -0.4 is 11.3 Å². The molecule has 0 bridgehead atoms. The van der Waals surface area contributed by atoms with Gasteiger partial charge < -0.3 is 10.7 Å². The Balaban J connectivity index is 3.29. The lowest BCUT2D eigenvalue weighted by Crippen LogP contribution is -2.16. The van der Waals surface area contributed by atoms with E-state index in [4.69, 9.17) is 17.3 Å². The molecular weight excluding hydrogens is 202 g/mol. The maximum Gasteiger partial charge on any atom is 0.269 e. The van der Waals surface area contributed by atoms with Crippen LogP contribution in [0.2, 0.25) is 0 Å². The minimum atomic E-state index is -2.82. The summed E-state index contributed by atoms with van der Waals surface area (Å²) in [5, 5.41) is 0. The third kappa shape index (κ3) is 1.98. The van der Waals surface area contributed by atoms with Crippen LogP contribution in [0.25, 0.3) is 0 Å². The first kappa shape index (κ1) is 9.98. The lowest BCUT2D eigenvalue weighted by Gasteiger charge is -2.04. The van der Waals surface area contributed by atoms with Crippen LogP contribution in [0.1, 0.15) is 17.7 Å². The standard InChI is InChI=1S/C7H7ClF2N2O/c8-2-5-4(11)1-3(6(9)10)7(13)12-5/h1,6H,2,11H2,(H,12,13). The van der Waals surface area contributed by atoms with Gasteiger partial charge in [-0.25, -0.2) is 8.78 Å². The Hall–Kier alpha value is -1.10. The van der Waals surface area contributed by atoms with Crippen LogP contribution in [0.4, 0.5) is 14.5 Å². The highest BCUT2D eigenvalue weighted by Gasteiger charge is 2.13. The largest absolute Gasteiger partial charge is 0.397 e. The summed E-state index contributed by atoms with van der Waals surface area (Å²) >= 11 is 5.40. The molecule has 13 heavy (non-hydrogen) atoms. The molecule has 0 radical (unpaired) electrons. The van der Waals surface area contributed by atoms with E-state index in [1.54, 1.807) is 0 Å². The van der Waals surface area contributed by atoms with E-state index in [1.165, 1.54) is 0 Å². The molecule has 0 aliphatic carbocycles. The van der Waals surface area contributed by atoms with E-state index < -0.39 is 17.5 Å². The number of rotatable bonds is 2. The SMILES string of the molecule is Nc1cc(C(F)F)c(=O)[nH]c1CCl. The molecule has 0 unspecified atom stereocenters. The highest BCUT2D eigenvalue weighted by molar-refractivity contribution is 6.17. The lowest BCUT2D eigenvalue weighted by molar-refractivity contribution is 0.149. The second kappa shape index (κ2) is 3.74. The average molecular weight is 209 g/mol. The number of nitrogen functional groups attached to an aromatic ring is 1. The molecule has 6 heteroatoms. The molecule has 0 aromatic carbocycles. The molecule has 72 valence electrons. The zero-order valence-electron chi connectivity index (χ0n) is 6.48. The number of halogens is 3. The Morgan fingerprint density at radius 3 is 2.69 bits per heavy atom. The Kier molecular flexibility index (Phi) is 2.87. The van der Waals surface area contributed by atoms with E-state index in [0.717, 1.165) is 6.07 Å². The van der Waals surface area contributed by atoms with Crippen molar-refractivity contribution in [3.8, 4) is 0 Å². The van der Waals surface area contributed by atoms with Gasteiger partial charge in [0.15, 0.2) is 0 Å². The van der Waals surface area contributed by atoms with E-state index in [0.29, 0.717) is 0 Å². The smallest absolute Gasteiger partial charge is 0.269 e. The van der Waals surface area contributed by atoms with Crippen molar-refractivity contribution >= 4 is 17.3 Å². The molecule has 1 rings (SSSR count). The number of aromatic nitrogens is 1. The zero-order chi connectivity index (χ0) is 10.0. The van der Waals surface area contributed by atoms with Gasteiger partial charge in [-0.15, -0.1) is 11.6 Å². The fourth-order valence-corrected chi connectivity index (χ4v) is 1.10. The van der Waals surface area contributed by atoms with Crippen LogP contribution in [0.15, 0.2) is 10.9 Å². The highest BCUT2D eigenvalue weighted by atomic mass is 35.5. The van der Waals surface area contributed by atoms with Crippen molar-refractivity contribution in [2.75, 3.05) is 5.73 Å². The molecule has 0 aliphatic heterocycles. The minimum absolute atomic E-state index is 0.00933. The number of nitrogens with two attached hydrogens (primary N) is 1. The Bertz CT molecular complexity index is 364. The van der Waals surface area contributed by atoms with Gasteiger partial charge in [0.2, 0.25) is 0 Å². The van der Waals surface area contributed by atoms with Gasteiger partial charge in [0.25, 0.3) is 12.0 Å². The molecule has 0 saturated carbocycles. The monoisotopic (exact) mass is 208 g/mol. The van der Waals surface area contributed by atoms with Gasteiger partial charge >= 0.3 is 0 Å². The van der Waals surface area contributed by atoms with Crippen LogP contribution >= 0.6 is 11.6 Å². The van der Waals surface area contributed by atoms with Gasteiger partial charge in [-0.2, -0.15) is 0 Å². The Morgan fingerprint density at radius 2 is 2.23 bits per heavy atom. The lowest BCUT2D eigenvalue weighted by atomic mass is 10.2. The van der Waals surface area contributed by atoms with Crippen molar-refractivity contribution in [2.24, 2.45) is 0 Å². The highest BCUT2D eigenvalue weighted by Crippen LogP contribution is 2.18. The molecule has 3 N–H and O–H groups in total. The van der Waals surface area contributed by atoms with Gasteiger partial charge in [0.1, 0.15) is 0 Å². The second-order valence-electron chi connectivity index (χ2n) is 2.42. The summed E-state index contributed by atoms with van der Waals surface area (Å²) in [7, 11) is 0. The van der Waals surface area contributed by atoms with E-state index in [-0.39, 0.29) is 17.3 Å². The third-order valence-electron chi connectivity index (χ3n) is 1.55. The number of H-pyrrole nitrogens is 1. The number of hydrogen-bond donors (Lipinski definition) is 2. The fourth-order valence-electron chi connectivity index (χ4n) is 0.874.